The second kappa shape index (κ2) is 10.2. The highest BCUT2D eigenvalue weighted by Gasteiger charge is 2.41. The van der Waals surface area contributed by atoms with Crippen molar-refractivity contribution >= 4 is 17.7 Å². The minimum atomic E-state index is -0.877. The maximum Gasteiger partial charge on any atom is 0.336 e. The molecule has 2 rings (SSSR count). The summed E-state index contributed by atoms with van der Waals surface area (Å²) < 4.78 is 5.23. The molecule has 0 fully saturated rings. The second-order valence-electron chi connectivity index (χ2n) is 7.33. The van der Waals surface area contributed by atoms with Crippen LogP contribution >= 0.6 is 0 Å². The van der Waals surface area contributed by atoms with Gasteiger partial charge in [0.1, 0.15) is 0 Å². The number of nitro benzene ring substituents is 1. The molecule has 0 saturated carbocycles. The van der Waals surface area contributed by atoms with Crippen LogP contribution in [0.5, 0.6) is 0 Å². The first-order valence-electron chi connectivity index (χ1n) is 9.83. The number of carbonyl (C=O) groups excluding carboxylic acids is 2. The Balaban J connectivity index is 2.88. The van der Waals surface area contributed by atoms with Crippen LogP contribution in [0.15, 0.2) is 46.8 Å². The first-order valence-corrected chi connectivity index (χ1v) is 9.83. The van der Waals surface area contributed by atoms with E-state index in [1.54, 1.807) is 19.1 Å². The summed E-state index contributed by atoms with van der Waals surface area (Å²) in [6, 6.07) is 5.24. The maximum atomic E-state index is 13.0. The summed E-state index contributed by atoms with van der Waals surface area (Å²) in [7, 11) is 3.70. The molecule has 1 aliphatic rings. The highest BCUT2D eigenvalue weighted by molar-refractivity contribution is 5.94. The number of amides is 2. The average Bonchev–Trinajstić information content (AvgIpc) is 2.71. The highest BCUT2D eigenvalue weighted by atomic mass is 16.6. The Hall–Kier alpha value is -3.24. The first-order chi connectivity index (χ1) is 14.6. The molecule has 1 aliphatic heterocycles. The molecule has 0 aromatic heterocycles. The molecule has 1 heterocycles. The molecule has 1 atom stereocenters. The van der Waals surface area contributed by atoms with Crippen LogP contribution in [0.1, 0.15) is 31.7 Å². The number of ether oxygens (including phenoxy) is 1. The number of carbonyl (C=O) groups is 2. The summed E-state index contributed by atoms with van der Waals surface area (Å²) in [5, 5.41) is 21.9. The van der Waals surface area contributed by atoms with Crippen LogP contribution in [0.3, 0.4) is 0 Å². The fourth-order valence-electron chi connectivity index (χ4n) is 3.83. The number of urea groups is 1. The standard InChI is InChI=1S/C21H28N4O6/c1-5-31-20(27)18-13(2)24(21(22)28)17(12-26)15(10-11-23(3)4)19(18)14-8-6-7-9-16(14)25(29)30/h6-9,19,26H,5,10-12H2,1-4H3,(H2,22,28). The summed E-state index contributed by atoms with van der Waals surface area (Å²) >= 11 is 0. The van der Waals surface area contributed by atoms with Crippen LogP contribution in [0.2, 0.25) is 0 Å². The molecule has 0 spiro atoms. The molecular formula is C21H28N4O6. The summed E-state index contributed by atoms with van der Waals surface area (Å²) in [5.41, 5.74) is 6.65. The Kier molecular flexibility index (Phi) is 7.89. The topological polar surface area (TPSA) is 139 Å². The Labute approximate surface area is 180 Å². The quantitative estimate of drug-likeness (QED) is 0.364. The van der Waals surface area contributed by atoms with E-state index in [-0.39, 0.29) is 34.8 Å². The van der Waals surface area contributed by atoms with Crippen molar-refractivity contribution in [2.45, 2.75) is 26.2 Å². The van der Waals surface area contributed by atoms with Crippen molar-refractivity contribution in [2.75, 3.05) is 33.9 Å². The molecule has 2 amide bonds. The van der Waals surface area contributed by atoms with E-state index in [2.05, 4.69) is 0 Å². The van der Waals surface area contributed by atoms with Crippen LogP contribution < -0.4 is 5.73 Å². The van der Waals surface area contributed by atoms with Gasteiger partial charge in [-0.15, -0.1) is 0 Å². The molecule has 10 heteroatoms. The van der Waals surface area contributed by atoms with Gasteiger partial charge in [-0.25, -0.2) is 9.59 Å². The van der Waals surface area contributed by atoms with Crippen molar-refractivity contribution in [1.29, 1.82) is 0 Å². The number of nitro groups is 1. The number of esters is 1. The van der Waals surface area contributed by atoms with E-state index in [1.165, 1.54) is 19.1 Å². The van der Waals surface area contributed by atoms with Gasteiger partial charge in [-0.1, -0.05) is 18.2 Å². The normalized spacial score (nSPS) is 16.7. The Bertz CT molecular complexity index is 938. The molecular weight excluding hydrogens is 404 g/mol. The van der Waals surface area contributed by atoms with E-state index in [9.17, 15) is 24.8 Å². The maximum absolute atomic E-state index is 13.0. The van der Waals surface area contributed by atoms with E-state index in [0.717, 1.165) is 4.90 Å². The summed E-state index contributed by atoms with van der Waals surface area (Å²) in [6.45, 7) is 3.22. The Morgan fingerprint density at radius 2 is 1.97 bits per heavy atom. The predicted octanol–water partition coefficient (Wildman–Crippen LogP) is 2.11. The number of benzene rings is 1. The zero-order valence-electron chi connectivity index (χ0n) is 18.1. The van der Waals surface area contributed by atoms with Gasteiger partial charge in [0.05, 0.1) is 29.4 Å². The van der Waals surface area contributed by atoms with Gasteiger partial charge >= 0.3 is 12.0 Å². The zero-order valence-corrected chi connectivity index (χ0v) is 18.1. The van der Waals surface area contributed by atoms with Gasteiger partial charge in [-0.05, 0) is 39.9 Å². The van der Waals surface area contributed by atoms with Gasteiger partial charge < -0.3 is 20.5 Å². The van der Waals surface area contributed by atoms with Crippen LogP contribution in [0.4, 0.5) is 10.5 Å². The van der Waals surface area contributed by atoms with E-state index in [0.29, 0.717) is 18.5 Å². The van der Waals surface area contributed by atoms with E-state index in [4.69, 9.17) is 10.5 Å². The molecule has 1 aromatic rings. The smallest absolute Gasteiger partial charge is 0.336 e. The molecule has 3 N–H and O–H groups in total. The molecule has 1 aromatic carbocycles. The SMILES string of the molecule is CCOC(=O)C1=C(C)N(C(N)=O)C(CO)=C(CCN(C)C)C1c1ccccc1[N+](=O)[O-]. The highest BCUT2D eigenvalue weighted by Crippen LogP contribution is 2.46. The molecule has 0 aliphatic carbocycles. The fourth-order valence-corrected chi connectivity index (χ4v) is 3.83. The number of para-hydroxylation sites is 1. The monoisotopic (exact) mass is 432 g/mol. The lowest BCUT2D eigenvalue weighted by atomic mass is 9.77. The number of hydrogen-bond donors (Lipinski definition) is 2. The third-order valence-electron chi connectivity index (χ3n) is 5.14. The number of aliphatic hydroxyl groups is 1. The molecule has 0 bridgehead atoms. The summed E-state index contributed by atoms with van der Waals surface area (Å²) in [4.78, 5) is 39.5. The largest absolute Gasteiger partial charge is 0.463 e. The number of hydrogen-bond acceptors (Lipinski definition) is 7. The summed E-state index contributed by atoms with van der Waals surface area (Å²) in [5.74, 6) is -1.58. The van der Waals surface area contributed by atoms with Gasteiger partial charge in [0.25, 0.3) is 5.69 Å². The lowest BCUT2D eigenvalue weighted by molar-refractivity contribution is -0.385. The van der Waals surface area contributed by atoms with Crippen molar-refractivity contribution < 1.29 is 24.4 Å². The van der Waals surface area contributed by atoms with Crippen LogP contribution in [0.25, 0.3) is 0 Å². The van der Waals surface area contributed by atoms with Gasteiger partial charge in [-0.3, -0.25) is 15.0 Å². The summed E-state index contributed by atoms with van der Waals surface area (Å²) in [6.07, 6.45) is 0.333. The van der Waals surface area contributed by atoms with Crippen molar-refractivity contribution in [1.82, 2.24) is 9.80 Å². The van der Waals surface area contributed by atoms with Gasteiger partial charge in [0, 0.05) is 29.8 Å². The van der Waals surface area contributed by atoms with E-state index < -0.39 is 29.4 Å². The predicted molar refractivity (Wildman–Crippen MR) is 114 cm³/mol. The molecule has 1 unspecified atom stereocenters. The first kappa shape index (κ1) is 24.0. The van der Waals surface area contributed by atoms with Crippen LogP contribution in [0, 0.1) is 10.1 Å². The number of aliphatic hydroxyl groups excluding tert-OH is 1. The number of nitrogens with two attached hydrogens (primary N) is 1. The van der Waals surface area contributed by atoms with E-state index >= 15 is 0 Å². The number of primary amides is 1. The lowest BCUT2D eigenvalue weighted by Crippen LogP contribution is -2.41. The molecule has 0 radical (unpaired) electrons. The Morgan fingerprint density at radius 1 is 1.32 bits per heavy atom. The Morgan fingerprint density at radius 3 is 2.48 bits per heavy atom. The van der Waals surface area contributed by atoms with Crippen LogP contribution in [-0.2, 0) is 9.53 Å². The lowest BCUT2D eigenvalue weighted by Gasteiger charge is -2.37. The van der Waals surface area contributed by atoms with Crippen molar-refractivity contribution in [3.05, 3.63) is 62.5 Å². The van der Waals surface area contributed by atoms with Gasteiger partial charge in [0.15, 0.2) is 0 Å². The number of allylic oxidation sites excluding steroid dienone is 1. The number of nitrogens with zero attached hydrogens (tertiary/aromatic N) is 3. The number of rotatable bonds is 8. The minimum absolute atomic E-state index is 0.0827. The third kappa shape index (κ3) is 4.92. The fraction of sp³-hybridized carbons (Fsp3) is 0.429. The second-order valence-corrected chi connectivity index (χ2v) is 7.33. The van der Waals surface area contributed by atoms with Gasteiger partial charge in [-0.2, -0.15) is 0 Å². The van der Waals surface area contributed by atoms with Crippen molar-refractivity contribution in [2.24, 2.45) is 5.73 Å². The van der Waals surface area contributed by atoms with E-state index in [1.807, 2.05) is 19.0 Å². The molecule has 10 nitrogen and oxygen atoms in total. The minimum Gasteiger partial charge on any atom is -0.463 e. The average molecular weight is 432 g/mol. The molecule has 0 saturated heterocycles. The molecule has 168 valence electrons. The van der Waals surface area contributed by atoms with Crippen molar-refractivity contribution in [3.63, 3.8) is 0 Å². The van der Waals surface area contributed by atoms with Crippen LogP contribution in [-0.4, -0.2) is 65.7 Å². The zero-order chi connectivity index (χ0) is 23.3. The third-order valence-corrected chi connectivity index (χ3v) is 5.14. The molecule has 31 heavy (non-hydrogen) atoms. The van der Waals surface area contributed by atoms with Gasteiger partial charge in [0.2, 0.25) is 0 Å². The van der Waals surface area contributed by atoms with Crippen molar-refractivity contribution in [3.8, 4) is 0 Å².